The minimum absolute atomic E-state index is 0.0178. The van der Waals surface area contributed by atoms with Gasteiger partial charge in [-0.25, -0.2) is 4.98 Å². The number of amides is 1. The Kier molecular flexibility index (Phi) is 3.75. The Morgan fingerprint density at radius 2 is 2.33 bits per heavy atom. The lowest BCUT2D eigenvalue weighted by Gasteiger charge is -2.42. The van der Waals surface area contributed by atoms with Gasteiger partial charge >= 0.3 is 0 Å². The normalized spacial score (nSPS) is 29.5. The van der Waals surface area contributed by atoms with Gasteiger partial charge in [0.05, 0.1) is 25.6 Å². The third-order valence-electron chi connectivity index (χ3n) is 4.18. The third kappa shape index (κ3) is 2.82. The van der Waals surface area contributed by atoms with Crippen molar-refractivity contribution in [3.8, 4) is 0 Å². The molecule has 2 aliphatic heterocycles. The number of hydrogen-bond acceptors (Lipinski definition) is 4. The monoisotopic (exact) mass is 293 g/mol. The van der Waals surface area contributed by atoms with Gasteiger partial charge in [-0.3, -0.25) is 4.79 Å². The van der Waals surface area contributed by atoms with Crippen LogP contribution in [0.25, 0.3) is 0 Å². The number of imidazole rings is 1. The van der Waals surface area contributed by atoms with Crippen molar-refractivity contribution in [3.05, 3.63) is 18.2 Å². The van der Waals surface area contributed by atoms with Crippen LogP contribution in [-0.4, -0.2) is 58.4 Å². The second-order valence-corrected chi connectivity index (χ2v) is 6.40. The Hall–Kier alpha value is -1.40. The molecule has 0 N–H and O–H groups in total. The van der Waals surface area contributed by atoms with Crippen LogP contribution in [-0.2, 0) is 9.47 Å². The maximum atomic E-state index is 12.7. The minimum Gasteiger partial charge on any atom is -0.378 e. The SMILES string of the molecule is CC(C)n1cnc(C(=O)N2C[C@@H](C)O[C@]3(CCOC3)C2)c1. The predicted molar refractivity (Wildman–Crippen MR) is 77.2 cm³/mol. The largest absolute Gasteiger partial charge is 0.378 e. The van der Waals surface area contributed by atoms with E-state index in [0.717, 1.165) is 6.42 Å². The summed E-state index contributed by atoms with van der Waals surface area (Å²) in [6.45, 7) is 8.61. The van der Waals surface area contributed by atoms with E-state index < -0.39 is 0 Å². The van der Waals surface area contributed by atoms with Gasteiger partial charge in [0.25, 0.3) is 5.91 Å². The molecule has 0 unspecified atom stereocenters. The molecule has 0 radical (unpaired) electrons. The van der Waals surface area contributed by atoms with E-state index in [-0.39, 0.29) is 17.6 Å². The van der Waals surface area contributed by atoms with Gasteiger partial charge in [0.15, 0.2) is 0 Å². The lowest BCUT2D eigenvalue weighted by Crippen LogP contribution is -2.57. The zero-order valence-electron chi connectivity index (χ0n) is 12.9. The van der Waals surface area contributed by atoms with Crippen LogP contribution < -0.4 is 0 Å². The van der Waals surface area contributed by atoms with E-state index in [1.165, 1.54) is 0 Å². The highest BCUT2D eigenvalue weighted by molar-refractivity contribution is 5.92. The van der Waals surface area contributed by atoms with Crippen molar-refractivity contribution >= 4 is 5.91 Å². The van der Waals surface area contributed by atoms with Gasteiger partial charge in [0, 0.05) is 31.8 Å². The van der Waals surface area contributed by atoms with Gasteiger partial charge in [0.2, 0.25) is 0 Å². The highest BCUT2D eigenvalue weighted by Crippen LogP contribution is 2.30. The molecule has 2 saturated heterocycles. The van der Waals surface area contributed by atoms with Crippen LogP contribution >= 0.6 is 0 Å². The first kappa shape index (κ1) is 14.5. The van der Waals surface area contributed by atoms with Crippen molar-refractivity contribution in [1.29, 1.82) is 0 Å². The highest BCUT2D eigenvalue weighted by Gasteiger charge is 2.44. The molecule has 0 aromatic carbocycles. The highest BCUT2D eigenvalue weighted by atomic mass is 16.6. The van der Waals surface area contributed by atoms with E-state index in [4.69, 9.17) is 9.47 Å². The average Bonchev–Trinajstić information content (AvgIpc) is 3.06. The zero-order chi connectivity index (χ0) is 15.0. The van der Waals surface area contributed by atoms with Gasteiger partial charge in [-0.2, -0.15) is 0 Å². The molecule has 1 amide bonds. The lowest BCUT2D eigenvalue weighted by molar-refractivity contribution is -0.138. The van der Waals surface area contributed by atoms with Crippen LogP contribution in [0.5, 0.6) is 0 Å². The van der Waals surface area contributed by atoms with E-state index in [1.807, 2.05) is 22.6 Å². The number of nitrogens with zero attached hydrogens (tertiary/aromatic N) is 3. The van der Waals surface area contributed by atoms with Crippen LogP contribution in [0.15, 0.2) is 12.5 Å². The summed E-state index contributed by atoms with van der Waals surface area (Å²) in [5, 5.41) is 0. The van der Waals surface area contributed by atoms with Crippen molar-refractivity contribution in [1.82, 2.24) is 14.5 Å². The molecule has 3 heterocycles. The average molecular weight is 293 g/mol. The predicted octanol–water partition coefficient (Wildman–Crippen LogP) is 1.48. The van der Waals surface area contributed by atoms with E-state index in [2.05, 4.69) is 18.8 Å². The Morgan fingerprint density at radius 1 is 1.52 bits per heavy atom. The molecule has 1 spiro atoms. The van der Waals surface area contributed by atoms with Gasteiger partial charge < -0.3 is 18.9 Å². The molecule has 1 aromatic heterocycles. The molecular formula is C15H23N3O3. The van der Waals surface area contributed by atoms with Crippen molar-refractivity contribution in [2.45, 2.75) is 44.9 Å². The van der Waals surface area contributed by atoms with Crippen LogP contribution in [0.3, 0.4) is 0 Å². The van der Waals surface area contributed by atoms with Crippen LogP contribution in [0.1, 0.15) is 43.7 Å². The van der Waals surface area contributed by atoms with Crippen molar-refractivity contribution in [3.63, 3.8) is 0 Å². The molecule has 6 nitrogen and oxygen atoms in total. The van der Waals surface area contributed by atoms with Gasteiger partial charge in [-0.1, -0.05) is 0 Å². The first-order valence-corrected chi connectivity index (χ1v) is 7.57. The van der Waals surface area contributed by atoms with Crippen molar-refractivity contribution in [2.75, 3.05) is 26.3 Å². The number of rotatable bonds is 2. The van der Waals surface area contributed by atoms with Crippen LogP contribution in [0, 0.1) is 0 Å². The molecular weight excluding hydrogens is 270 g/mol. The number of aromatic nitrogens is 2. The fourth-order valence-corrected chi connectivity index (χ4v) is 3.08. The molecule has 0 bridgehead atoms. The molecule has 6 heteroatoms. The second kappa shape index (κ2) is 5.42. The Balaban J connectivity index is 1.76. The van der Waals surface area contributed by atoms with E-state index in [9.17, 15) is 4.79 Å². The summed E-state index contributed by atoms with van der Waals surface area (Å²) >= 11 is 0. The van der Waals surface area contributed by atoms with Gasteiger partial charge in [0.1, 0.15) is 11.3 Å². The number of morpholine rings is 1. The smallest absolute Gasteiger partial charge is 0.274 e. The summed E-state index contributed by atoms with van der Waals surface area (Å²) in [7, 11) is 0. The first-order chi connectivity index (χ1) is 9.99. The van der Waals surface area contributed by atoms with E-state index >= 15 is 0 Å². The lowest BCUT2D eigenvalue weighted by atomic mass is 9.99. The summed E-state index contributed by atoms with van der Waals surface area (Å²) in [4.78, 5) is 18.8. The molecule has 2 aliphatic rings. The van der Waals surface area contributed by atoms with Crippen LogP contribution in [0.4, 0.5) is 0 Å². The first-order valence-electron chi connectivity index (χ1n) is 7.57. The maximum absolute atomic E-state index is 12.7. The molecule has 1 aromatic rings. The summed E-state index contributed by atoms with van der Waals surface area (Å²) in [6.07, 6.45) is 4.42. The summed E-state index contributed by atoms with van der Waals surface area (Å²) in [6, 6.07) is 0.303. The molecule has 21 heavy (non-hydrogen) atoms. The number of carbonyl (C=O) groups is 1. The number of ether oxygens (including phenoxy) is 2. The van der Waals surface area contributed by atoms with E-state index in [1.54, 1.807) is 6.33 Å². The summed E-state index contributed by atoms with van der Waals surface area (Å²) < 4.78 is 13.5. The topological polar surface area (TPSA) is 56.6 Å². The number of hydrogen-bond donors (Lipinski definition) is 0. The summed E-state index contributed by atoms with van der Waals surface area (Å²) in [5.74, 6) is -0.0178. The number of carbonyl (C=O) groups excluding carboxylic acids is 1. The van der Waals surface area contributed by atoms with Crippen molar-refractivity contribution < 1.29 is 14.3 Å². The second-order valence-electron chi connectivity index (χ2n) is 6.40. The van der Waals surface area contributed by atoms with Gasteiger partial charge in [-0.15, -0.1) is 0 Å². The molecule has 2 atom stereocenters. The van der Waals surface area contributed by atoms with Gasteiger partial charge in [-0.05, 0) is 20.8 Å². The molecule has 116 valence electrons. The van der Waals surface area contributed by atoms with E-state index in [0.29, 0.717) is 38.0 Å². The molecule has 0 saturated carbocycles. The van der Waals surface area contributed by atoms with Crippen molar-refractivity contribution in [2.24, 2.45) is 0 Å². The maximum Gasteiger partial charge on any atom is 0.274 e. The molecule has 3 rings (SSSR count). The van der Waals surface area contributed by atoms with Crippen LogP contribution in [0.2, 0.25) is 0 Å². The Labute approximate surface area is 125 Å². The fraction of sp³-hybridized carbons (Fsp3) is 0.733. The minimum atomic E-state index is -0.325. The summed E-state index contributed by atoms with van der Waals surface area (Å²) in [5.41, 5.74) is 0.181. The Bertz CT molecular complexity index is 520. The standard InChI is InChI=1S/C15H23N3O3/c1-11(2)18-7-13(16-10-18)14(19)17-6-12(3)21-15(8-17)4-5-20-9-15/h7,10-12H,4-6,8-9H2,1-3H3/t12-,15-/m1/s1. The third-order valence-corrected chi connectivity index (χ3v) is 4.18. The molecule has 2 fully saturated rings. The zero-order valence-corrected chi connectivity index (χ0v) is 12.9. The molecule has 0 aliphatic carbocycles. The fourth-order valence-electron chi connectivity index (χ4n) is 3.08. The Morgan fingerprint density at radius 3 is 2.95 bits per heavy atom. The quantitative estimate of drug-likeness (QED) is 0.829.